The van der Waals surface area contributed by atoms with Crippen LogP contribution in [0.5, 0.6) is 11.8 Å². The maximum absolute atomic E-state index is 11.6. The van der Waals surface area contributed by atoms with E-state index >= 15 is 0 Å². The first-order chi connectivity index (χ1) is 13.3. The SMILES string of the molecule is CC(C)(C)OC(=O)n1ccc(OC2CC2)n1.ClCCl.c1cc(OC2CC2)[nH]n1. The Labute approximate surface area is 174 Å². The smallest absolute Gasteiger partial charge is 0.435 e. The van der Waals surface area contributed by atoms with Gasteiger partial charge in [-0.1, -0.05) is 0 Å². The van der Waals surface area contributed by atoms with Crippen molar-refractivity contribution in [1.29, 1.82) is 0 Å². The van der Waals surface area contributed by atoms with Crippen LogP contribution >= 0.6 is 23.2 Å². The minimum absolute atomic E-state index is 0.194. The number of aromatic amines is 1. The van der Waals surface area contributed by atoms with Crippen LogP contribution in [-0.2, 0) is 4.74 Å². The number of alkyl halides is 2. The summed E-state index contributed by atoms with van der Waals surface area (Å²) >= 11 is 9.53. The quantitative estimate of drug-likeness (QED) is 0.710. The predicted molar refractivity (Wildman–Crippen MR) is 106 cm³/mol. The van der Waals surface area contributed by atoms with E-state index in [0.29, 0.717) is 12.0 Å². The van der Waals surface area contributed by atoms with E-state index in [4.69, 9.17) is 37.4 Å². The zero-order valence-corrected chi connectivity index (χ0v) is 17.7. The number of nitrogens with zero attached hydrogens (tertiary/aromatic N) is 3. The van der Waals surface area contributed by atoms with Gasteiger partial charge >= 0.3 is 6.09 Å². The lowest BCUT2D eigenvalue weighted by atomic mass is 10.2. The molecule has 8 nitrogen and oxygen atoms in total. The molecule has 156 valence electrons. The third-order valence-electron chi connectivity index (χ3n) is 3.25. The molecule has 2 aliphatic rings. The van der Waals surface area contributed by atoms with E-state index in [0.717, 1.165) is 23.4 Å². The van der Waals surface area contributed by atoms with E-state index in [2.05, 4.69) is 15.3 Å². The summed E-state index contributed by atoms with van der Waals surface area (Å²) < 4.78 is 17.1. The lowest BCUT2D eigenvalue weighted by Gasteiger charge is -2.18. The highest BCUT2D eigenvalue weighted by molar-refractivity contribution is 6.40. The van der Waals surface area contributed by atoms with Crippen LogP contribution in [0, 0.1) is 0 Å². The molecule has 0 saturated heterocycles. The standard InChI is InChI=1S/C11H16N2O3.C6H8N2O.CH2Cl2/c1-11(2,3)16-10(14)13-7-6-9(12-13)15-8-4-5-8;1-2-5(1)9-6-3-4-7-8-6;2-1-3/h6-8H,4-5H2,1-3H3;3-5H,1-2H2,(H,7,8);1H2. The van der Waals surface area contributed by atoms with Crippen LogP contribution in [0.25, 0.3) is 0 Å². The molecule has 2 heterocycles. The monoisotopic (exact) mass is 432 g/mol. The first-order valence-corrected chi connectivity index (χ1v) is 10.1. The fourth-order valence-electron chi connectivity index (χ4n) is 1.81. The second-order valence-corrected chi connectivity index (χ2v) is 8.04. The summed E-state index contributed by atoms with van der Waals surface area (Å²) in [6.07, 6.45) is 8.02. The third-order valence-corrected chi connectivity index (χ3v) is 3.25. The number of aromatic nitrogens is 4. The topological polar surface area (TPSA) is 91.3 Å². The van der Waals surface area contributed by atoms with Crippen molar-refractivity contribution in [2.75, 3.05) is 5.34 Å². The first-order valence-electron chi connectivity index (χ1n) is 9.04. The normalized spacial score (nSPS) is 15.5. The average molecular weight is 433 g/mol. The molecule has 0 amide bonds. The number of hydrogen-bond acceptors (Lipinski definition) is 6. The summed E-state index contributed by atoms with van der Waals surface area (Å²) in [6.45, 7) is 5.45. The molecule has 10 heteroatoms. The molecule has 2 saturated carbocycles. The van der Waals surface area contributed by atoms with Crippen molar-refractivity contribution < 1.29 is 19.0 Å². The van der Waals surface area contributed by atoms with Crippen molar-refractivity contribution in [3.05, 3.63) is 24.5 Å². The second-order valence-electron chi connectivity index (χ2n) is 7.24. The Morgan fingerprint density at radius 2 is 1.79 bits per heavy atom. The number of carbonyl (C=O) groups is 1. The highest BCUT2D eigenvalue weighted by Crippen LogP contribution is 2.25. The number of halogens is 2. The molecule has 1 N–H and O–H groups in total. The summed E-state index contributed by atoms with van der Waals surface area (Å²) in [7, 11) is 0. The van der Waals surface area contributed by atoms with E-state index in [1.807, 2.05) is 26.8 Å². The van der Waals surface area contributed by atoms with Gasteiger partial charge < -0.3 is 14.2 Å². The van der Waals surface area contributed by atoms with Crippen molar-refractivity contribution in [2.45, 2.75) is 64.3 Å². The molecule has 2 aromatic rings. The van der Waals surface area contributed by atoms with Crippen LogP contribution in [-0.4, -0.2) is 49.2 Å². The van der Waals surface area contributed by atoms with Crippen LogP contribution in [0.4, 0.5) is 4.79 Å². The van der Waals surface area contributed by atoms with Gasteiger partial charge in [-0.25, -0.2) is 9.89 Å². The lowest BCUT2D eigenvalue weighted by Crippen LogP contribution is -2.27. The molecular formula is C18H26Cl2N4O4. The first kappa shape index (κ1) is 22.4. The summed E-state index contributed by atoms with van der Waals surface area (Å²) in [4.78, 5) is 11.6. The number of nitrogens with one attached hydrogen (secondary N) is 1. The molecule has 28 heavy (non-hydrogen) atoms. The summed E-state index contributed by atoms with van der Waals surface area (Å²) in [5.41, 5.74) is -0.513. The third kappa shape index (κ3) is 9.32. The largest absolute Gasteiger partial charge is 0.475 e. The molecule has 0 atom stereocenters. The minimum Gasteiger partial charge on any atom is -0.475 e. The van der Waals surface area contributed by atoms with E-state index < -0.39 is 11.7 Å². The van der Waals surface area contributed by atoms with Gasteiger partial charge in [0.15, 0.2) is 0 Å². The number of rotatable bonds is 4. The number of carbonyl (C=O) groups excluding carboxylic acids is 1. The average Bonchev–Trinajstić information content (AvgIpc) is 3.47. The van der Waals surface area contributed by atoms with Crippen LogP contribution in [0.3, 0.4) is 0 Å². The lowest BCUT2D eigenvalue weighted by molar-refractivity contribution is 0.0511. The fraction of sp³-hybridized carbons (Fsp3) is 0.611. The summed E-state index contributed by atoms with van der Waals surface area (Å²) in [5.74, 6) is 1.27. The Morgan fingerprint density at radius 3 is 2.29 bits per heavy atom. The maximum Gasteiger partial charge on any atom is 0.435 e. The second kappa shape index (κ2) is 10.6. The van der Waals surface area contributed by atoms with Gasteiger partial charge in [-0.3, -0.25) is 0 Å². The minimum atomic E-state index is -0.513. The fourth-order valence-corrected chi connectivity index (χ4v) is 1.81. The summed E-state index contributed by atoms with van der Waals surface area (Å²) in [5, 5.41) is 10.7. The molecule has 0 unspecified atom stereocenters. The van der Waals surface area contributed by atoms with Crippen LogP contribution in [0.2, 0.25) is 0 Å². The van der Waals surface area contributed by atoms with Crippen molar-refractivity contribution in [3.8, 4) is 11.8 Å². The Bertz CT molecular complexity index is 707. The highest BCUT2D eigenvalue weighted by atomic mass is 35.5. The Morgan fingerprint density at radius 1 is 1.18 bits per heavy atom. The number of ether oxygens (including phenoxy) is 3. The van der Waals surface area contributed by atoms with Crippen LogP contribution in [0.15, 0.2) is 24.5 Å². The van der Waals surface area contributed by atoms with Gasteiger partial charge in [0.05, 0.1) is 11.5 Å². The van der Waals surface area contributed by atoms with E-state index in [1.165, 1.54) is 12.8 Å². The number of H-pyrrole nitrogens is 1. The van der Waals surface area contributed by atoms with Crippen LogP contribution in [0.1, 0.15) is 46.5 Å². The molecule has 0 radical (unpaired) electrons. The van der Waals surface area contributed by atoms with Gasteiger partial charge in [0.1, 0.15) is 17.8 Å². The van der Waals surface area contributed by atoms with Gasteiger partial charge in [-0.05, 0) is 46.5 Å². The van der Waals surface area contributed by atoms with Crippen molar-refractivity contribution in [1.82, 2.24) is 20.0 Å². The highest BCUT2D eigenvalue weighted by Gasteiger charge is 2.25. The zero-order chi connectivity index (χ0) is 20.6. The molecule has 2 aromatic heterocycles. The number of hydrogen-bond donors (Lipinski definition) is 1. The van der Waals surface area contributed by atoms with Gasteiger partial charge in [0, 0.05) is 18.3 Å². The molecule has 0 spiro atoms. The van der Waals surface area contributed by atoms with Crippen molar-refractivity contribution >= 4 is 29.3 Å². The van der Waals surface area contributed by atoms with E-state index in [1.54, 1.807) is 18.5 Å². The molecule has 0 bridgehead atoms. The molecular weight excluding hydrogens is 407 g/mol. The molecule has 0 aromatic carbocycles. The van der Waals surface area contributed by atoms with Crippen LogP contribution < -0.4 is 9.47 Å². The molecule has 2 fully saturated rings. The Balaban J connectivity index is 0.000000196. The molecule has 0 aliphatic heterocycles. The molecule has 2 aliphatic carbocycles. The Hall–Kier alpha value is -1.93. The van der Waals surface area contributed by atoms with E-state index in [-0.39, 0.29) is 11.4 Å². The summed E-state index contributed by atoms with van der Waals surface area (Å²) in [6, 6.07) is 3.50. The Kier molecular flexibility index (Phi) is 8.44. The molecule has 4 rings (SSSR count). The predicted octanol–water partition coefficient (Wildman–Crippen LogP) is 4.58. The van der Waals surface area contributed by atoms with Crippen molar-refractivity contribution in [2.24, 2.45) is 0 Å². The van der Waals surface area contributed by atoms with Gasteiger partial charge in [0.2, 0.25) is 11.8 Å². The van der Waals surface area contributed by atoms with Gasteiger partial charge in [0.25, 0.3) is 0 Å². The zero-order valence-electron chi connectivity index (χ0n) is 16.2. The van der Waals surface area contributed by atoms with Gasteiger partial charge in [-0.2, -0.15) is 9.78 Å². The maximum atomic E-state index is 11.6. The van der Waals surface area contributed by atoms with Crippen molar-refractivity contribution in [3.63, 3.8) is 0 Å². The van der Waals surface area contributed by atoms with Gasteiger partial charge in [-0.15, -0.1) is 28.3 Å². The van der Waals surface area contributed by atoms with E-state index in [9.17, 15) is 4.79 Å².